The van der Waals surface area contributed by atoms with Gasteiger partial charge in [0.05, 0.1) is 65.7 Å². The molecule has 0 N–H and O–H groups in total. The van der Waals surface area contributed by atoms with Crippen LogP contribution in [0.4, 0.5) is 0 Å². The van der Waals surface area contributed by atoms with E-state index < -0.39 is 11.2 Å². The molecule has 3 amide bonds. The summed E-state index contributed by atoms with van der Waals surface area (Å²) >= 11 is 0. The molecule has 2 aliphatic rings. The van der Waals surface area contributed by atoms with Gasteiger partial charge in [-0.05, 0) is 73.1 Å². The summed E-state index contributed by atoms with van der Waals surface area (Å²) in [6.45, 7) is 14.4. The minimum atomic E-state index is -0.531. The van der Waals surface area contributed by atoms with E-state index in [1.165, 1.54) is 17.1 Å². The van der Waals surface area contributed by atoms with E-state index in [4.69, 9.17) is 28.4 Å². The molecule has 1 aliphatic heterocycles. The van der Waals surface area contributed by atoms with E-state index in [1.807, 2.05) is 41.5 Å². The van der Waals surface area contributed by atoms with Crippen molar-refractivity contribution in [3.63, 3.8) is 0 Å². The molecule has 1 aliphatic carbocycles. The Morgan fingerprint density at radius 2 is 1.06 bits per heavy atom. The lowest BCUT2D eigenvalue weighted by atomic mass is 9.81. The number of esters is 2. The second kappa shape index (κ2) is 20.5. The van der Waals surface area contributed by atoms with Gasteiger partial charge in [-0.1, -0.05) is 0 Å². The number of nitrogens with zero attached hydrogens (tertiary/aromatic N) is 2. The standard InChI is InChI=1S/C34H56N2O11/c1-33(2,3)46-30(39)13-17-42-21-23-44-19-15-35(16-20-45-24-22-43-18-14-31(40)47-34(4,5)6)32(41)27-9-7-26(8-10-27)25-36-28(37)11-12-29(36)38/h11-12,26-27H,7-10,13-25H2,1-6H3. The first-order valence-electron chi connectivity index (χ1n) is 16.7. The van der Waals surface area contributed by atoms with Gasteiger partial charge in [-0.15, -0.1) is 0 Å². The number of rotatable bonds is 21. The largest absolute Gasteiger partial charge is 0.460 e. The van der Waals surface area contributed by atoms with Crippen LogP contribution in [0, 0.1) is 11.8 Å². The SMILES string of the molecule is CC(C)(C)OC(=O)CCOCCOCCN(CCOCCOCCC(=O)OC(C)(C)C)C(=O)C1CCC(CN2C(=O)C=CC2=O)CC1. The monoisotopic (exact) mass is 668 g/mol. The molecule has 1 fully saturated rings. The van der Waals surface area contributed by atoms with E-state index in [9.17, 15) is 24.0 Å². The average Bonchev–Trinajstić information content (AvgIpc) is 3.29. The van der Waals surface area contributed by atoms with Gasteiger partial charge in [0.25, 0.3) is 11.8 Å². The number of carbonyl (C=O) groups is 5. The van der Waals surface area contributed by atoms with Gasteiger partial charge in [0.15, 0.2) is 0 Å². The van der Waals surface area contributed by atoms with E-state index >= 15 is 0 Å². The van der Waals surface area contributed by atoms with Crippen LogP contribution < -0.4 is 0 Å². The van der Waals surface area contributed by atoms with Gasteiger partial charge in [-0.2, -0.15) is 0 Å². The Labute approximate surface area is 279 Å². The van der Waals surface area contributed by atoms with Crippen LogP contribution in [0.5, 0.6) is 0 Å². The number of amides is 3. The highest BCUT2D eigenvalue weighted by Gasteiger charge is 2.33. The zero-order valence-electron chi connectivity index (χ0n) is 29.2. The van der Waals surface area contributed by atoms with Crippen LogP contribution in [-0.2, 0) is 52.4 Å². The van der Waals surface area contributed by atoms with E-state index in [1.54, 1.807) is 4.90 Å². The van der Waals surface area contributed by atoms with Gasteiger partial charge in [0.1, 0.15) is 11.2 Å². The molecule has 0 aromatic rings. The molecule has 13 heteroatoms. The molecule has 0 bridgehead atoms. The van der Waals surface area contributed by atoms with E-state index in [0.717, 1.165) is 12.8 Å². The third-order valence-corrected chi connectivity index (χ3v) is 7.35. The summed E-state index contributed by atoms with van der Waals surface area (Å²) in [6.07, 6.45) is 5.81. The second-order valence-corrected chi connectivity index (χ2v) is 13.8. The molecule has 0 saturated heterocycles. The Morgan fingerprint density at radius 3 is 1.47 bits per heavy atom. The molecular weight excluding hydrogens is 612 g/mol. The summed E-state index contributed by atoms with van der Waals surface area (Å²) in [5, 5.41) is 0. The Hall–Kier alpha value is -2.87. The Balaban J connectivity index is 1.72. The summed E-state index contributed by atoms with van der Waals surface area (Å²) in [5.41, 5.74) is -1.06. The summed E-state index contributed by atoms with van der Waals surface area (Å²) in [7, 11) is 0. The zero-order chi connectivity index (χ0) is 34.9. The predicted molar refractivity (Wildman–Crippen MR) is 172 cm³/mol. The second-order valence-electron chi connectivity index (χ2n) is 13.8. The average molecular weight is 669 g/mol. The topological polar surface area (TPSA) is 147 Å². The van der Waals surface area contributed by atoms with Crippen LogP contribution in [0.1, 0.15) is 80.1 Å². The van der Waals surface area contributed by atoms with Crippen LogP contribution >= 0.6 is 0 Å². The van der Waals surface area contributed by atoms with Crippen molar-refractivity contribution in [2.75, 3.05) is 72.5 Å². The molecule has 0 atom stereocenters. The normalized spacial score (nSPS) is 18.5. The van der Waals surface area contributed by atoms with Gasteiger partial charge in [0.2, 0.25) is 5.91 Å². The number of hydrogen-bond acceptors (Lipinski definition) is 11. The van der Waals surface area contributed by atoms with Crippen molar-refractivity contribution in [1.82, 2.24) is 9.80 Å². The molecule has 1 saturated carbocycles. The highest BCUT2D eigenvalue weighted by atomic mass is 16.6. The van der Waals surface area contributed by atoms with Gasteiger partial charge in [-0.25, -0.2) is 0 Å². The molecule has 0 aromatic heterocycles. The highest BCUT2D eigenvalue weighted by molar-refractivity contribution is 6.12. The van der Waals surface area contributed by atoms with Crippen molar-refractivity contribution >= 4 is 29.7 Å². The maximum absolute atomic E-state index is 13.5. The molecule has 0 unspecified atom stereocenters. The summed E-state index contributed by atoms with van der Waals surface area (Å²) in [4.78, 5) is 64.0. The van der Waals surface area contributed by atoms with Crippen molar-refractivity contribution in [3.8, 4) is 0 Å². The summed E-state index contributed by atoms with van der Waals surface area (Å²) in [5.74, 6) is -1.12. The molecule has 0 aromatic carbocycles. The highest BCUT2D eigenvalue weighted by Crippen LogP contribution is 2.31. The maximum Gasteiger partial charge on any atom is 0.308 e. The zero-order valence-corrected chi connectivity index (χ0v) is 29.2. The fourth-order valence-electron chi connectivity index (χ4n) is 5.14. The van der Waals surface area contributed by atoms with E-state index in [2.05, 4.69) is 0 Å². The van der Waals surface area contributed by atoms with Crippen LogP contribution in [-0.4, -0.2) is 123 Å². The molecular formula is C34H56N2O11. The lowest BCUT2D eigenvalue weighted by molar-refractivity contribution is -0.157. The van der Waals surface area contributed by atoms with Crippen LogP contribution in [0.3, 0.4) is 0 Å². The van der Waals surface area contributed by atoms with Crippen molar-refractivity contribution < 1.29 is 52.4 Å². The third-order valence-electron chi connectivity index (χ3n) is 7.35. The Kier molecular flexibility index (Phi) is 17.6. The number of hydrogen-bond donors (Lipinski definition) is 0. The van der Waals surface area contributed by atoms with Crippen molar-refractivity contribution in [2.24, 2.45) is 11.8 Å². The summed E-state index contributed by atoms with van der Waals surface area (Å²) in [6, 6.07) is 0. The minimum Gasteiger partial charge on any atom is -0.460 e. The predicted octanol–water partition coefficient (Wildman–Crippen LogP) is 3.08. The fraction of sp³-hybridized carbons (Fsp3) is 0.794. The van der Waals surface area contributed by atoms with E-state index in [0.29, 0.717) is 72.1 Å². The van der Waals surface area contributed by atoms with Crippen LogP contribution in [0.15, 0.2) is 12.2 Å². The smallest absolute Gasteiger partial charge is 0.308 e. The molecule has 2 rings (SSSR count). The van der Waals surface area contributed by atoms with Crippen LogP contribution in [0.25, 0.3) is 0 Å². The Bertz CT molecular complexity index is 978. The molecule has 47 heavy (non-hydrogen) atoms. The quantitative estimate of drug-likeness (QED) is 0.101. The number of imide groups is 1. The molecule has 268 valence electrons. The van der Waals surface area contributed by atoms with Gasteiger partial charge >= 0.3 is 11.9 Å². The third kappa shape index (κ3) is 17.7. The molecule has 0 radical (unpaired) electrons. The minimum absolute atomic E-state index is 0.0351. The molecule has 0 spiro atoms. The maximum atomic E-state index is 13.5. The fourth-order valence-corrected chi connectivity index (χ4v) is 5.14. The van der Waals surface area contributed by atoms with E-state index in [-0.39, 0.29) is 67.6 Å². The first-order valence-corrected chi connectivity index (χ1v) is 16.7. The summed E-state index contributed by atoms with van der Waals surface area (Å²) < 4.78 is 32.9. The molecule has 13 nitrogen and oxygen atoms in total. The first-order chi connectivity index (χ1) is 22.1. The van der Waals surface area contributed by atoms with Crippen molar-refractivity contribution in [3.05, 3.63) is 12.2 Å². The van der Waals surface area contributed by atoms with Crippen LogP contribution in [0.2, 0.25) is 0 Å². The first kappa shape index (κ1) is 40.3. The molecule has 1 heterocycles. The van der Waals surface area contributed by atoms with Crippen molar-refractivity contribution in [1.29, 1.82) is 0 Å². The van der Waals surface area contributed by atoms with Gasteiger partial charge in [-0.3, -0.25) is 28.9 Å². The van der Waals surface area contributed by atoms with Crippen molar-refractivity contribution in [2.45, 2.75) is 91.3 Å². The number of carbonyl (C=O) groups excluding carboxylic acids is 5. The lowest BCUT2D eigenvalue weighted by Crippen LogP contribution is -2.42. The Morgan fingerprint density at radius 1 is 0.660 bits per heavy atom. The van der Waals surface area contributed by atoms with Gasteiger partial charge < -0.3 is 33.3 Å². The lowest BCUT2D eigenvalue weighted by Gasteiger charge is -2.33. The van der Waals surface area contributed by atoms with Gasteiger partial charge in [0, 0.05) is 37.7 Å². The number of ether oxygens (including phenoxy) is 6.